The monoisotopic (exact) mass is 341 g/mol. The number of ether oxygens (including phenoxy) is 2. The minimum absolute atomic E-state index is 0.445. The van der Waals surface area contributed by atoms with Gasteiger partial charge in [-0.2, -0.15) is 0 Å². The molecule has 0 spiro atoms. The normalized spacial score (nSPS) is 11.2. The van der Waals surface area contributed by atoms with Crippen molar-refractivity contribution in [3.8, 4) is 11.5 Å². The summed E-state index contributed by atoms with van der Waals surface area (Å²) in [5.74, 6) is 1.94. The Balaban J connectivity index is 1.84. The third-order valence-corrected chi connectivity index (χ3v) is 3.96. The molecule has 0 aliphatic rings. The molecule has 0 aliphatic heterocycles. The lowest BCUT2D eigenvalue weighted by molar-refractivity contribution is 0.354. The lowest BCUT2D eigenvalue weighted by Gasteiger charge is -2.09. The fourth-order valence-corrected chi connectivity index (χ4v) is 2.58. The molecule has 25 heavy (non-hydrogen) atoms. The molecule has 5 heteroatoms. The van der Waals surface area contributed by atoms with Crippen LogP contribution in [0.15, 0.2) is 47.5 Å². The summed E-state index contributed by atoms with van der Waals surface area (Å²) in [7, 11) is 3.28. The molecule has 0 fully saturated rings. The molecule has 0 saturated heterocycles. The van der Waals surface area contributed by atoms with Crippen LogP contribution in [0.1, 0.15) is 24.5 Å². The zero-order valence-electron chi connectivity index (χ0n) is 15.2. The third kappa shape index (κ3) is 5.71. The van der Waals surface area contributed by atoms with Gasteiger partial charge in [-0.15, -0.1) is 0 Å². The Bertz CT molecular complexity index is 714. The quantitative estimate of drug-likeness (QED) is 0.437. The largest absolute Gasteiger partial charge is 0.493 e. The van der Waals surface area contributed by atoms with E-state index in [0.29, 0.717) is 12.5 Å². The van der Waals surface area contributed by atoms with E-state index in [9.17, 15) is 0 Å². The molecule has 3 N–H and O–H groups in total. The standard InChI is InChI=1S/C20H27N3O2/c1-4-15-7-5-9-17(13-15)23-20(21)22-12-6-8-16-10-11-18(24-2)19(14-16)25-3/h5,7,9-11,13-14H,4,6,8,12H2,1-3H3,(H3,21,22,23). The SMILES string of the molecule is CCc1cccc(NC(N)=NCCCc2ccc(OC)c(OC)c2)c1. The van der Waals surface area contributed by atoms with Gasteiger partial charge in [-0.3, -0.25) is 4.99 Å². The van der Waals surface area contributed by atoms with Crippen LogP contribution in [0.25, 0.3) is 0 Å². The van der Waals surface area contributed by atoms with Crippen molar-refractivity contribution in [1.82, 2.24) is 0 Å². The van der Waals surface area contributed by atoms with Gasteiger partial charge in [-0.1, -0.05) is 25.1 Å². The zero-order valence-corrected chi connectivity index (χ0v) is 15.2. The number of nitrogens with one attached hydrogen (secondary N) is 1. The van der Waals surface area contributed by atoms with Crippen LogP contribution in [-0.4, -0.2) is 26.7 Å². The predicted octanol–water partition coefficient (Wildman–Crippen LogP) is 3.63. The number of hydrogen-bond acceptors (Lipinski definition) is 3. The Labute approximate surface area is 149 Å². The fraction of sp³-hybridized carbons (Fsp3) is 0.350. The first kappa shape index (κ1) is 18.6. The van der Waals surface area contributed by atoms with Crippen LogP contribution < -0.4 is 20.5 Å². The molecule has 0 heterocycles. The number of benzene rings is 2. The molecule has 0 unspecified atom stereocenters. The van der Waals surface area contributed by atoms with Gasteiger partial charge in [-0.05, 0) is 54.7 Å². The van der Waals surface area contributed by atoms with Gasteiger partial charge < -0.3 is 20.5 Å². The Morgan fingerprint density at radius 3 is 2.56 bits per heavy atom. The first-order valence-electron chi connectivity index (χ1n) is 8.53. The molecule has 2 rings (SSSR count). The minimum atomic E-state index is 0.445. The number of aryl methyl sites for hydroxylation is 2. The highest BCUT2D eigenvalue weighted by atomic mass is 16.5. The lowest BCUT2D eigenvalue weighted by Crippen LogP contribution is -2.23. The molecule has 0 saturated carbocycles. The van der Waals surface area contributed by atoms with E-state index in [1.807, 2.05) is 30.3 Å². The Morgan fingerprint density at radius 2 is 1.84 bits per heavy atom. The number of methoxy groups -OCH3 is 2. The van der Waals surface area contributed by atoms with E-state index in [-0.39, 0.29) is 0 Å². The van der Waals surface area contributed by atoms with E-state index in [1.54, 1.807) is 14.2 Å². The number of nitrogens with zero attached hydrogens (tertiary/aromatic N) is 1. The van der Waals surface area contributed by atoms with Crippen LogP contribution in [0.4, 0.5) is 5.69 Å². The van der Waals surface area contributed by atoms with Gasteiger partial charge >= 0.3 is 0 Å². The number of guanidine groups is 1. The second kappa shape index (κ2) is 9.57. The topological polar surface area (TPSA) is 68.9 Å². The highest BCUT2D eigenvalue weighted by Gasteiger charge is 2.04. The van der Waals surface area contributed by atoms with Crippen molar-refractivity contribution < 1.29 is 9.47 Å². The van der Waals surface area contributed by atoms with Gasteiger partial charge in [0, 0.05) is 12.2 Å². The summed E-state index contributed by atoms with van der Waals surface area (Å²) in [4.78, 5) is 4.39. The van der Waals surface area contributed by atoms with Gasteiger partial charge in [0.1, 0.15) is 0 Å². The van der Waals surface area contributed by atoms with Crippen LogP contribution in [-0.2, 0) is 12.8 Å². The number of aliphatic imine (C=N–C) groups is 1. The highest BCUT2D eigenvalue weighted by Crippen LogP contribution is 2.27. The van der Waals surface area contributed by atoms with E-state index >= 15 is 0 Å². The van der Waals surface area contributed by atoms with Gasteiger partial charge in [0.15, 0.2) is 17.5 Å². The van der Waals surface area contributed by atoms with E-state index in [4.69, 9.17) is 15.2 Å². The second-order valence-electron chi connectivity index (χ2n) is 5.74. The van der Waals surface area contributed by atoms with Crippen molar-refractivity contribution in [1.29, 1.82) is 0 Å². The molecule has 0 radical (unpaired) electrons. The van der Waals surface area contributed by atoms with Crippen molar-refractivity contribution >= 4 is 11.6 Å². The van der Waals surface area contributed by atoms with Gasteiger partial charge in [0.2, 0.25) is 0 Å². The van der Waals surface area contributed by atoms with E-state index in [0.717, 1.165) is 36.4 Å². The maximum Gasteiger partial charge on any atom is 0.193 e. The maximum absolute atomic E-state index is 5.96. The summed E-state index contributed by atoms with van der Waals surface area (Å²) in [6, 6.07) is 14.2. The van der Waals surface area contributed by atoms with Crippen molar-refractivity contribution in [2.75, 3.05) is 26.1 Å². The molecule has 2 aromatic rings. The average Bonchev–Trinajstić information content (AvgIpc) is 2.65. The van der Waals surface area contributed by atoms with Crippen molar-refractivity contribution in [3.05, 3.63) is 53.6 Å². The molecule has 2 aromatic carbocycles. The predicted molar refractivity (Wildman–Crippen MR) is 104 cm³/mol. The summed E-state index contributed by atoms with van der Waals surface area (Å²) < 4.78 is 10.6. The first-order chi connectivity index (χ1) is 12.2. The molecule has 134 valence electrons. The summed E-state index contributed by atoms with van der Waals surface area (Å²) in [5.41, 5.74) is 9.39. The third-order valence-electron chi connectivity index (χ3n) is 3.96. The lowest BCUT2D eigenvalue weighted by atomic mass is 10.1. The fourth-order valence-electron chi connectivity index (χ4n) is 2.58. The summed E-state index contributed by atoms with van der Waals surface area (Å²) >= 11 is 0. The van der Waals surface area contributed by atoms with Gasteiger partial charge in [-0.25, -0.2) is 0 Å². The number of nitrogens with two attached hydrogens (primary N) is 1. The minimum Gasteiger partial charge on any atom is -0.493 e. The van der Waals surface area contributed by atoms with Crippen LogP contribution in [0, 0.1) is 0 Å². The molecule has 0 atom stereocenters. The molecular weight excluding hydrogens is 314 g/mol. The van der Waals surface area contributed by atoms with Crippen LogP contribution in [0.2, 0.25) is 0 Å². The Morgan fingerprint density at radius 1 is 1.04 bits per heavy atom. The van der Waals surface area contributed by atoms with E-state index in [1.165, 1.54) is 11.1 Å². The molecule has 5 nitrogen and oxygen atoms in total. The molecule has 0 aliphatic carbocycles. The molecule has 0 aromatic heterocycles. The van der Waals surface area contributed by atoms with E-state index in [2.05, 4.69) is 29.4 Å². The number of rotatable bonds is 8. The van der Waals surface area contributed by atoms with E-state index < -0.39 is 0 Å². The summed E-state index contributed by atoms with van der Waals surface area (Å²) in [6.07, 6.45) is 2.81. The van der Waals surface area contributed by atoms with Crippen molar-refractivity contribution in [3.63, 3.8) is 0 Å². The van der Waals surface area contributed by atoms with Crippen molar-refractivity contribution in [2.24, 2.45) is 10.7 Å². The highest BCUT2D eigenvalue weighted by molar-refractivity contribution is 5.92. The van der Waals surface area contributed by atoms with Crippen LogP contribution >= 0.6 is 0 Å². The van der Waals surface area contributed by atoms with Crippen LogP contribution in [0.5, 0.6) is 11.5 Å². The van der Waals surface area contributed by atoms with Crippen LogP contribution in [0.3, 0.4) is 0 Å². The Hall–Kier alpha value is -2.69. The van der Waals surface area contributed by atoms with Gasteiger partial charge in [0.05, 0.1) is 14.2 Å². The Kier molecular flexibility index (Phi) is 7.14. The molecule has 0 bridgehead atoms. The zero-order chi connectivity index (χ0) is 18.1. The average molecular weight is 341 g/mol. The first-order valence-corrected chi connectivity index (χ1v) is 8.53. The molecular formula is C20H27N3O2. The summed E-state index contributed by atoms with van der Waals surface area (Å²) in [6.45, 7) is 2.80. The number of anilines is 1. The number of hydrogen-bond donors (Lipinski definition) is 2. The smallest absolute Gasteiger partial charge is 0.193 e. The molecule has 0 amide bonds. The van der Waals surface area contributed by atoms with Gasteiger partial charge in [0.25, 0.3) is 0 Å². The van der Waals surface area contributed by atoms with Crippen molar-refractivity contribution in [2.45, 2.75) is 26.2 Å². The second-order valence-corrected chi connectivity index (χ2v) is 5.74. The maximum atomic E-state index is 5.96. The summed E-state index contributed by atoms with van der Waals surface area (Å²) in [5, 5.41) is 3.14.